The Balaban J connectivity index is 1.36. The number of rotatable bonds is 12. The van der Waals surface area contributed by atoms with Crippen LogP contribution >= 0.6 is 0 Å². The van der Waals surface area contributed by atoms with Gasteiger partial charge < -0.3 is 24.4 Å². The Hall–Kier alpha value is -6.01. The van der Waals surface area contributed by atoms with E-state index in [-0.39, 0.29) is 36.4 Å². The number of carbonyl (C=O) groups is 1. The van der Waals surface area contributed by atoms with Gasteiger partial charge in [-0.05, 0) is 85.0 Å². The van der Waals surface area contributed by atoms with Crippen LogP contribution in [0, 0.1) is 5.41 Å². The number of alkyl halides is 3. The van der Waals surface area contributed by atoms with Gasteiger partial charge in [0.15, 0.2) is 0 Å². The van der Waals surface area contributed by atoms with E-state index in [0.29, 0.717) is 47.7 Å². The van der Waals surface area contributed by atoms with Gasteiger partial charge in [-0.2, -0.15) is 18.0 Å². The van der Waals surface area contributed by atoms with E-state index in [1.165, 1.54) is 20.3 Å². The van der Waals surface area contributed by atoms with Gasteiger partial charge in [0.05, 0.1) is 31.9 Å². The fourth-order valence-electron chi connectivity index (χ4n) is 6.32. The molecule has 1 atom stereocenters. The number of hydrogen-bond acceptors (Lipinski definition) is 10. The first-order chi connectivity index (χ1) is 27.4. The van der Waals surface area contributed by atoms with Gasteiger partial charge in [-0.3, -0.25) is 5.41 Å². The molecule has 0 saturated carbocycles. The van der Waals surface area contributed by atoms with Gasteiger partial charge in [0.1, 0.15) is 27.8 Å². The number of halogens is 3. The summed E-state index contributed by atoms with van der Waals surface area (Å²) in [5.74, 6) is 0.838. The third kappa shape index (κ3) is 9.92. The van der Waals surface area contributed by atoms with E-state index < -0.39 is 43.9 Å². The molecule has 1 fully saturated rings. The van der Waals surface area contributed by atoms with Crippen molar-refractivity contribution in [2.45, 2.75) is 63.0 Å². The van der Waals surface area contributed by atoms with Crippen LogP contribution in [0.3, 0.4) is 0 Å². The van der Waals surface area contributed by atoms with Crippen LogP contribution < -0.4 is 19.5 Å². The second-order valence-electron chi connectivity index (χ2n) is 14.5. The van der Waals surface area contributed by atoms with Crippen molar-refractivity contribution in [3.63, 3.8) is 0 Å². The first-order valence-electron chi connectivity index (χ1n) is 18.2. The summed E-state index contributed by atoms with van der Waals surface area (Å²) in [4.78, 5) is 14.2. The zero-order chi connectivity index (χ0) is 41.8. The Morgan fingerprint density at radius 2 is 1.52 bits per heavy atom. The van der Waals surface area contributed by atoms with Gasteiger partial charge in [0.25, 0.3) is 0 Å². The van der Waals surface area contributed by atoms with Crippen molar-refractivity contribution in [1.29, 1.82) is 5.41 Å². The Bertz CT molecular complexity index is 2360. The van der Waals surface area contributed by atoms with Crippen molar-refractivity contribution in [3.05, 3.63) is 107 Å². The maximum Gasteiger partial charge on any atom is 0.417 e. The van der Waals surface area contributed by atoms with Crippen molar-refractivity contribution < 1.29 is 40.6 Å². The van der Waals surface area contributed by atoms with Gasteiger partial charge in [-0.1, -0.05) is 54.6 Å². The molecule has 0 bridgehead atoms. The number of ether oxygens (including phenoxy) is 3. The molecule has 3 N–H and O–H groups in total. The number of nitrogens with one attached hydrogen (secondary N) is 3. The van der Waals surface area contributed by atoms with Gasteiger partial charge in [-0.25, -0.2) is 17.9 Å². The van der Waals surface area contributed by atoms with Gasteiger partial charge >= 0.3 is 12.3 Å². The van der Waals surface area contributed by atoms with E-state index >= 15 is 0 Å². The van der Waals surface area contributed by atoms with Gasteiger partial charge in [0.2, 0.25) is 15.8 Å². The van der Waals surface area contributed by atoms with Crippen LogP contribution in [0.15, 0.2) is 89.8 Å². The fraction of sp³-hybridized carbons (Fsp3) is 0.325. The van der Waals surface area contributed by atoms with E-state index in [0.717, 1.165) is 16.4 Å². The Morgan fingerprint density at radius 1 is 0.897 bits per heavy atom. The average molecular weight is 821 g/mol. The molecule has 5 aromatic rings. The van der Waals surface area contributed by atoms with E-state index in [1.54, 1.807) is 98.5 Å². The molecule has 306 valence electrons. The van der Waals surface area contributed by atoms with E-state index in [4.69, 9.17) is 19.6 Å². The molecule has 0 radical (unpaired) electrons. The summed E-state index contributed by atoms with van der Waals surface area (Å²) in [5.41, 5.74) is -0.415. The molecule has 0 spiro atoms. The lowest BCUT2D eigenvalue weighted by Crippen LogP contribution is -2.40. The monoisotopic (exact) mass is 820 g/mol. The minimum absolute atomic E-state index is 0.0596. The number of carbonyl (C=O) groups excluding carboxylic acids is 1. The van der Waals surface area contributed by atoms with Crippen LogP contribution in [0.1, 0.15) is 49.4 Å². The van der Waals surface area contributed by atoms with Gasteiger partial charge in [0, 0.05) is 31.2 Å². The number of benzene rings is 4. The highest BCUT2D eigenvalue weighted by molar-refractivity contribution is 7.89. The molecule has 18 heteroatoms. The first-order valence-corrected chi connectivity index (χ1v) is 19.6. The molecule has 58 heavy (non-hydrogen) atoms. The fourth-order valence-corrected chi connectivity index (χ4v) is 7.76. The SMILES string of the molecule is COc1ccc(CNS(=O)(=O)c2c(C(F)(F)F)ccc(-c3ccc(C(=N)NC4CCN(C(=O)OC(C)(C)C)C4)cc3)c2-c2nnn(Cc3ccc(OC)cc3)n2)cc1. The summed E-state index contributed by atoms with van der Waals surface area (Å²) in [7, 11) is -1.93. The molecule has 4 aromatic carbocycles. The molecule has 14 nitrogen and oxygen atoms in total. The summed E-state index contributed by atoms with van der Waals surface area (Å²) in [5, 5.41) is 24.4. The largest absolute Gasteiger partial charge is 0.497 e. The van der Waals surface area contributed by atoms with Crippen molar-refractivity contribution >= 4 is 22.0 Å². The van der Waals surface area contributed by atoms with E-state index in [1.807, 2.05) is 0 Å². The van der Waals surface area contributed by atoms with Crippen molar-refractivity contribution in [2.75, 3.05) is 27.3 Å². The summed E-state index contributed by atoms with van der Waals surface area (Å²) in [6.07, 6.45) is -4.95. The predicted octanol–water partition coefficient (Wildman–Crippen LogP) is 6.49. The highest BCUT2D eigenvalue weighted by Gasteiger charge is 2.41. The summed E-state index contributed by atoms with van der Waals surface area (Å²) >= 11 is 0. The highest BCUT2D eigenvalue weighted by Crippen LogP contribution is 2.43. The molecule has 1 aromatic heterocycles. The van der Waals surface area contributed by atoms with Crippen molar-refractivity contribution in [2.24, 2.45) is 0 Å². The number of tetrazole rings is 1. The summed E-state index contributed by atoms with van der Waals surface area (Å²) in [6, 6.07) is 21.4. The highest BCUT2D eigenvalue weighted by atomic mass is 32.2. The average Bonchev–Trinajstić information content (AvgIpc) is 3.86. The number of sulfonamides is 1. The molecule has 1 unspecified atom stereocenters. The normalized spacial score (nSPS) is 14.6. The lowest BCUT2D eigenvalue weighted by atomic mass is 9.95. The van der Waals surface area contributed by atoms with Gasteiger partial charge in [-0.15, -0.1) is 10.2 Å². The lowest BCUT2D eigenvalue weighted by Gasteiger charge is -2.24. The molecule has 2 heterocycles. The standard InChI is InChI=1S/C40H43F3N8O6S/c1-39(2,3)57-38(52)50-21-20-29(24-50)46-36(44)28-12-10-27(11-13-28)32-18-19-33(40(41,42)43)35(58(53,54)45-22-25-6-14-30(55-4)15-7-25)34(32)37-47-49-51(48-37)23-26-8-16-31(56-5)17-9-26/h6-19,29,45H,20-24H2,1-5H3,(H2,44,46). The number of nitrogens with zero attached hydrogens (tertiary/aromatic N) is 5. The Morgan fingerprint density at radius 3 is 2.10 bits per heavy atom. The van der Waals surface area contributed by atoms with Crippen molar-refractivity contribution in [1.82, 2.24) is 35.1 Å². The lowest BCUT2D eigenvalue weighted by molar-refractivity contribution is -0.139. The molecular weight excluding hydrogens is 778 g/mol. The first kappa shape index (κ1) is 41.6. The molecule has 1 amide bonds. The number of amidine groups is 1. The zero-order valence-corrected chi connectivity index (χ0v) is 33.2. The second kappa shape index (κ2) is 16.8. The number of aromatic nitrogens is 4. The summed E-state index contributed by atoms with van der Waals surface area (Å²) in [6.45, 7) is 5.89. The molecule has 1 aliphatic rings. The minimum Gasteiger partial charge on any atom is -0.497 e. The van der Waals surface area contributed by atoms with Crippen LogP contribution in [-0.4, -0.2) is 84.4 Å². The maximum atomic E-state index is 14.8. The predicted molar refractivity (Wildman–Crippen MR) is 209 cm³/mol. The zero-order valence-electron chi connectivity index (χ0n) is 32.4. The quantitative estimate of drug-likeness (QED) is 0.0933. The Kier molecular flexibility index (Phi) is 12.1. The second-order valence-corrected chi connectivity index (χ2v) is 16.2. The summed E-state index contributed by atoms with van der Waals surface area (Å²) < 4.78 is 91.0. The van der Waals surface area contributed by atoms with Crippen molar-refractivity contribution in [3.8, 4) is 34.0 Å². The molecular formula is C40H43F3N8O6S. The number of amides is 1. The maximum absolute atomic E-state index is 14.8. The van der Waals surface area contributed by atoms with Crippen LogP contribution in [0.2, 0.25) is 0 Å². The third-order valence-corrected chi connectivity index (χ3v) is 10.7. The topological polar surface area (TPSA) is 174 Å². The molecule has 6 rings (SSSR count). The van der Waals surface area contributed by atoms with Crippen LogP contribution in [0.25, 0.3) is 22.5 Å². The smallest absolute Gasteiger partial charge is 0.417 e. The molecule has 1 saturated heterocycles. The third-order valence-electron chi connectivity index (χ3n) is 9.19. The van der Waals surface area contributed by atoms with Crippen LogP contribution in [-0.2, 0) is 34.0 Å². The van der Waals surface area contributed by atoms with Crippen LogP contribution in [0.4, 0.5) is 18.0 Å². The van der Waals surface area contributed by atoms with E-state index in [2.05, 4.69) is 25.4 Å². The molecule has 0 aliphatic carbocycles. The number of hydrogen-bond donors (Lipinski definition) is 3. The Labute approximate surface area is 333 Å². The van der Waals surface area contributed by atoms with E-state index in [9.17, 15) is 26.4 Å². The minimum atomic E-state index is -5.10. The number of likely N-dealkylation sites (tertiary alicyclic amines) is 1. The number of methoxy groups -OCH3 is 2. The van der Waals surface area contributed by atoms with Crippen LogP contribution in [0.5, 0.6) is 11.5 Å². The molecule has 1 aliphatic heterocycles.